The van der Waals surface area contributed by atoms with E-state index in [4.69, 9.17) is 0 Å². The summed E-state index contributed by atoms with van der Waals surface area (Å²) in [5.74, 6) is 0.152. The Balaban J connectivity index is 1.73. The van der Waals surface area contributed by atoms with Gasteiger partial charge in [-0.2, -0.15) is 5.53 Å². The fourth-order valence-corrected chi connectivity index (χ4v) is 2.45. The highest BCUT2D eigenvalue weighted by Gasteiger charge is 2.45. The summed E-state index contributed by atoms with van der Waals surface area (Å²) in [7, 11) is 0. The highest BCUT2D eigenvalue weighted by atomic mass is 32.1. The molecule has 2 aliphatic rings. The number of hydrogen-bond acceptors (Lipinski definition) is 4. The molecule has 1 saturated carbocycles. The van der Waals surface area contributed by atoms with Crippen LogP contribution in [-0.2, 0) is 4.79 Å². The van der Waals surface area contributed by atoms with Crippen LogP contribution in [0, 0.1) is 5.41 Å². The zero-order valence-electron chi connectivity index (χ0n) is 10.2. The number of hydrogen-bond donors (Lipinski definition) is 3. The fraction of sp³-hybridized carbons (Fsp3) is 0.818. The average Bonchev–Trinajstić information content (AvgIpc) is 3.09. The average molecular weight is 256 g/mol. The van der Waals surface area contributed by atoms with Gasteiger partial charge in [-0.05, 0) is 38.0 Å². The van der Waals surface area contributed by atoms with Gasteiger partial charge in [-0.1, -0.05) is 12.2 Å². The first-order chi connectivity index (χ1) is 8.17. The third kappa shape index (κ3) is 3.14. The lowest BCUT2D eigenvalue weighted by atomic mass is 9.93. The van der Waals surface area contributed by atoms with E-state index in [-0.39, 0.29) is 11.9 Å². The maximum absolute atomic E-state index is 12.1. The van der Waals surface area contributed by atoms with Gasteiger partial charge in [0, 0.05) is 13.1 Å². The van der Waals surface area contributed by atoms with Crippen molar-refractivity contribution in [2.45, 2.75) is 38.6 Å². The quantitative estimate of drug-likeness (QED) is 0.376. The topological polar surface area (TPSA) is 56.4 Å². The Bertz CT molecular complexity index is 296. The molecule has 2 fully saturated rings. The molecule has 1 heterocycles. The first-order valence-electron chi connectivity index (χ1n) is 6.15. The van der Waals surface area contributed by atoms with Gasteiger partial charge in [0.1, 0.15) is 0 Å². The molecule has 17 heavy (non-hydrogen) atoms. The number of nitrogens with zero attached hydrogens (tertiary/aromatic N) is 1. The molecule has 2 rings (SSSR count). The molecule has 1 atom stereocenters. The molecule has 0 bridgehead atoms. The summed E-state index contributed by atoms with van der Waals surface area (Å²) in [5.41, 5.74) is 10.1. The van der Waals surface area contributed by atoms with Crippen LogP contribution in [0.15, 0.2) is 0 Å². The minimum Gasteiger partial charge on any atom is -0.341 e. The number of thiocarbonyl (C=S) groups is 1. The summed E-state index contributed by atoms with van der Waals surface area (Å²) in [6.45, 7) is 3.67. The molecular weight excluding hydrogens is 236 g/mol. The molecule has 6 heteroatoms. The Morgan fingerprint density at radius 3 is 2.53 bits per heavy atom. The van der Waals surface area contributed by atoms with Crippen molar-refractivity contribution in [1.29, 1.82) is 0 Å². The number of nitrogens with one attached hydrogen (secondary N) is 3. The number of carbonyl (C=O) groups excluding carboxylic acids is 1. The fourth-order valence-electron chi connectivity index (χ4n) is 2.39. The summed E-state index contributed by atoms with van der Waals surface area (Å²) in [6.07, 6.45) is 5.08. The number of likely N-dealkylation sites (tertiary alicyclic amines) is 1. The van der Waals surface area contributed by atoms with Gasteiger partial charge in [-0.15, -0.1) is 0 Å². The van der Waals surface area contributed by atoms with Crippen molar-refractivity contribution in [2.24, 2.45) is 5.41 Å². The van der Waals surface area contributed by atoms with Crippen molar-refractivity contribution >= 4 is 23.6 Å². The Morgan fingerprint density at radius 1 is 1.35 bits per heavy atom. The predicted octanol–water partition coefficient (Wildman–Crippen LogP) is 0.334. The zero-order valence-corrected chi connectivity index (χ0v) is 11.0. The van der Waals surface area contributed by atoms with Gasteiger partial charge in [-0.3, -0.25) is 4.79 Å². The minimum absolute atomic E-state index is 0.152. The zero-order chi connectivity index (χ0) is 12.3. The SMILES string of the molecule is C[C@@H](NNNC=S)C(=O)N1CCC2(CC1)CC2. The van der Waals surface area contributed by atoms with E-state index in [0.29, 0.717) is 5.41 Å². The van der Waals surface area contributed by atoms with Crippen LogP contribution in [0.1, 0.15) is 32.6 Å². The van der Waals surface area contributed by atoms with Crippen molar-refractivity contribution in [3.05, 3.63) is 0 Å². The van der Waals surface area contributed by atoms with Crippen molar-refractivity contribution in [1.82, 2.24) is 21.3 Å². The van der Waals surface area contributed by atoms with Crippen LogP contribution in [0.25, 0.3) is 0 Å². The predicted molar refractivity (Wildman–Crippen MR) is 70.0 cm³/mol. The highest BCUT2D eigenvalue weighted by Crippen LogP contribution is 2.53. The van der Waals surface area contributed by atoms with E-state index in [1.165, 1.54) is 31.2 Å². The second kappa shape index (κ2) is 5.29. The van der Waals surface area contributed by atoms with Gasteiger partial charge in [-0.25, -0.2) is 5.43 Å². The monoisotopic (exact) mass is 256 g/mol. The second-order valence-corrected chi connectivity index (χ2v) is 5.31. The smallest absolute Gasteiger partial charge is 0.240 e. The Hall–Kier alpha value is -0.720. The van der Waals surface area contributed by atoms with E-state index in [0.717, 1.165) is 13.1 Å². The molecule has 96 valence electrons. The van der Waals surface area contributed by atoms with Crippen molar-refractivity contribution < 1.29 is 4.79 Å². The summed E-state index contributed by atoms with van der Waals surface area (Å²) in [6, 6.07) is -0.245. The van der Waals surface area contributed by atoms with E-state index in [2.05, 4.69) is 28.6 Å². The molecular formula is C11H20N4OS. The van der Waals surface area contributed by atoms with Gasteiger partial charge in [0.05, 0.1) is 11.5 Å². The molecule has 0 aromatic rings. The van der Waals surface area contributed by atoms with E-state index in [1.807, 2.05) is 11.8 Å². The minimum atomic E-state index is -0.245. The lowest BCUT2D eigenvalue weighted by Gasteiger charge is -2.33. The first kappa shape index (κ1) is 12.7. The molecule has 1 aliphatic heterocycles. The number of rotatable bonds is 5. The molecule has 0 radical (unpaired) electrons. The van der Waals surface area contributed by atoms with Gasteiger partial charge >= 0.3 is 0 Å². The van der Waals surface area contributed by atoms with E-state index in [1.54, 1.807) is 0 Å². The van der Waals surface area contributed by atoms with Crippen LogP contribution in [0.2, 0.25) is 0 Å². The standard InChI is InChI=1S/C11H20N4OS/c1-9(13-14-12-8-17)10(16)15-6-4-11(2-3-11)5-7-15/h8-9,13-14H,2-7H2,1H3,(H,12,17)/t9-/m1/s1. The number of piperidine rings is 1. The maximum Gasteiger partial charge on any atom is 0.240 e. The van der Waals surface area contributed by atoms with E-state index in [9.17, 15) is 4.79 Å². The van der Waals surface area contributed by atoms with Crippen LogP contribution in [0.4, 0.5) is 0 Å². The van der Waals surface area contributed by atoms with Crippen LogP contribution < -0.4 is 16.4 Å². The molecule has 0 unspecified atom stereocenters. The van der Waals surface area contributed by atoms with Crippen LogP contribution >= 0.6 is 12.2 Å². The maximum atomic E-state index is 12.1. The van der Waals surface area contributed by atoms with E-state index >= 15 is 0 Å². The molecule has 1 amide bonds. The van der Waals surface area contributed by atoms with Crippen molar-refractivity contribution in [2.75, 3.05) is 13.1 Å². The third-order valence-corrected chi connectivity index (χ3v) is 4.00. The molecule has 0 aromatic heterocycles. The highest BCUT2D eigenvalue weighted by molar-refractivity contribution is 7.78. The second-order valence-electron chi connectivity index (χ2n) is 5.08. The number of amides is 1. The van der Waals surface area contributed by atoms with Gasteiger partial charge < -0.3 is 10.3 Å². The molecule has 1 aliphatic carbocycles. The summed E-state index contributed by atoms with van der Waals surface area (Å²) < 4.78 is 0. The third-order valence-electron chi connectivity index (χ3n) is 3.88. The van der Waals surface area contributed by atoms with Crippen molar-refractivity contribution in [3.8, 4) is 0 Å². The van der Waals surface area contributed by atoms with Crippen LogP contribution in [0.5, 0.6) is 0 Å². The Morgan fingerprint density at radius 2 is 2.00 bits per heavy atom. The Labute approximate surface area is 107 Å². The lowest BCUT2D eigenvalue weighted by molar-refractivity contribution is -0.134. The number of carbonyl (C=O) groups is 1. The van der Waals surface area contributed by atoms with Crippen LogP contribution in [0.3, 0.4) is 0 Å². The summed E-state index contributed by atoms with van der Waals surface area (Å²) >= 11 is 4.59. The summed E-state index contributed by atoms with van der Waals surface area (Å²) in [5, 5.41) is 0. The lowest BCUT2D eigenvalue weighted by Crippen LogP contribution is -2.54. The molecule has 1 saturated heterocycles. The van der Waals surface area contributed by atoms with Crippen LogP contribution in [-0.4, -0.2) is 35.4 Å². The number of hydrazine groups is 2. The van der Waals surface area contributed by atoms with Crippen molar-refractivity contribution in [3.63, 3.8) is 0 Å². The van der Waals surface area contributed by atoms with E-state index < -0.39 is 0 Å². The largest absolute Gasteiger partial charge is 0.341 e. The molecule has 3 N–H and O–H groups in total. The van der Waals surface area contributed by atoms with Gasteiger partial charge in [0.2, 0.25) is 5.91 Å². The van der Waals surface area contributed by atoms with Gasteiger partial charge in [0.15, 0.2) is 0 Å². The van der Waals surface area contributed by atoms with Gasteiger partial charge in [0.25, 0.3) is 0 Å². The summed E-state index contributed by atoms with van der Waals surface area (Å²) in [4.78, 5) is 14.0. The first-order valence-corrected chi connectivity index (χ1v) is 6.62. The molecule has 5 nitrogen and oxygen atoms in total. The Kier molecular flexibility index (Phi) is 3.96. The molecule has 1 spiro atoms. The molecule has 0 aromatic carbocycles. The normalized spacial score (nSPS) is 23.2.